The zero-order valence-electron chi connectivity index (χ0n) is 13.8. The topological polar surface area (TPSA) is 49.3 Å². The summed E-state index contributed by atoms with van der Waals surface area (Å²) in [5.74, 6) is -0.137. The van der Waals surface area contributed by atoms with Crippen molar-refractivity contribution in [3.8, 4) is 5.75 Å². The largest absolute Gasteiger partial charge is 0.506 e. The Balaban J connectivity index is 2.21. The molecule has 22 heavy (non-hydrogen) atoms. The third kappa shape index (κ3) is 3.48. The molecule has 0 saturated carbocycles. The van der Waals surface area contributed by atoms with Gasteiger partial charge in [-0.25, -0.2) is 0 Å². The van der Waals surface area contributed by atoms with Gasteiger partial charge in [-0.2, -0.15) is 0 Å². The van der Waals surface area contributed by atoms with Gasteiger partial charge in [-0.05, 0) is 60.2 Å². The van der Waals surface area contributed by atoms with Crippen LogP contribution in [0.25, 0.3) is 0 Å². The summed E-state index contributed by atoms with van der Waals surface area (Å²) in [4.78, 5) is 12.3. The number of rotatable bonds is 2. The van der Waals surface area contributed by atoms with Gasteiger partial charge in [0.05, 0.1) is 5.69 Å². The fourth-order valence-corrected chi connectivity index (χ4v) is 2.22. The Morgan fingerprint density at radius 1 is 1.00 bits per heavy atom. The van der Waals surface area contributed by atoms with E-state index < -0.39 is 0 Å². The Morgan fingerprint density at radius 3 is 2.09 bits per heavy atom. The maximum atomic E-state index is 12.3. The standard InChI is InChI=1S/C19H23NO2/c1-12-10-16(17(21)11-13(12)2)20-18(22)14-6-8-15(9-7-14)19(3,4)5/h6-11,21H,1-5H3,(H,20,22). The van der Waals surface area contributed by atoms with E-state index in [1.165, 1.54) is 5.56 Å². The second kappa shape index (κ2) is 5.84. The van der Waals surface area contributed by atoms with Crippen LogP contribution in [0.3, 0.4) is 0 Å². The molecule has 0 aromatic heterocycles. The minimum absolute atomic E-state index is 0.0569. The molecule has 0 fully saturated rings. The van der Waals surface area contributed by atoms with Crippen LogP contribution >= 0.6 is 0 Å². The van der Waals surface area contributed by atoms with E-state index in [0.717, 1.165) is 11.1 Å². The Bertz CT molecular complexity index is 695. The van der Waals surface area contributed by atoms with Gasteiger partial charge in [-0.3, -0.25) is 4.79 Å². The maximum absolute atomic E-state index is 12.3. The highest BCUT2D eigenvalue weighted by molar-refractivity contribution is 6.05. The van der Waals surface area contributed by atoms with E-state index in [9.17, 15) is 9.90 Å². The molecule has 0 aliphatic carbocycles. The lowest BCUT2D eigenvalue weighted by Crippen LogP contribution is -2.14. The Hall–Kier alpha value is -2.29. The van der Waals surface area contributed by atoms with Gasteiger partial charge in [-0.1, -0.05) is 32.9 Å². The molecule has 1 amide bonds. The highest BCUT2D eigenvalue weighted by Gasteiger charge is 2.15. The second-order valence-corrected chi connectivity index (χ2v) is 6.74. The lowest BCUT2D eigenvalue weighted by Gasteiger charge is -2.19. The van der Waals surface area contributed by atoms with Gasteiger partial charge >= 0.3 is 0 Å². The van der Waals surface area contributed by atoms with Crippen LogP contribution in [0.5, 0.6) is 5.75 Å². The molecular weight excluding hydrogens is 274 g/mol. The van der Waals surface area contributed by atoms with Crippen LogP contribution < -0.4 is 5.32 Å². The number of anilines is 1. The van der Waals surface area contributed by atoms with E-state index in [4.69, 9.17) is 0 Å². The molecule has 0 aliphatic rings. The molecule has 2 aromatic carbocycles. The number of hydrogen-bond donors (Lipinski definition) is 2. The smallest absolute Gasteiger partial charge is 0.255 e. The summed E-state index contributed by atoms with van der Waals surface area (Å²) >= 11 is 0. The number of phenols is 1. The second-order valence-electron chi connectivity index (χ2n) is 6.74. The van der Waals surface area contributed by atoms with Gasteiger partial charge in [0.25, 0.3) is 5.91 Å². The van der Waals surface area contributed by atoms with Crippen LogP contribution in [0.2, 0.25) is 0 Å². The van der Waals surface area contributed by atoms with Gasteiger partial charge in [0, 0.05) is 5.56 Å². The third-order valence-corrected chi connectivity index (χ3v) is 3.87. The van der Waals surface area contributed by atoms with Crippen molar-refractivity contribution in [3.05, 3.63) is 58.7 Å². The molecule has 0 aliphatic heterocycles. The van der Waals surface area contributed by atoms with E-state index in [2.05, 4.69) is 26.1 Å². The Labute approximate surface area is 132 Å². The monoisotopic (exact) mass is 297 g/mol. The Kier molecular flexibility index (Phi) is 4.27. The average Bonchev–Trinajstić information content (AvgIpc) is 2.44. The van der Waals surface area contributed by atoms with Crippen LogP contribution in [-0.2, 0) is 5.41 Å². The summed E-state index contributed by atoms with van der Waals surface area (Å²) in [5.41, 5.74) is 4.26. The molecule has 2 rings (SSSR count). The lowest BCUT2D eigenvalue weighted by molar-refractivity contribution is 0.102. The molecule has 0 radical (unpaired) electrons. The van der Waals surface area contributed by atoms with E-state index in [1.54, 1.807) is 12.1 Å². The van der Waals surface area contributed by atoms with Gasteiger partial charge in [-0.15, -0.1) is 0 Å². The first-order valence-electron chi connectivity index (χ1n) is 7.40. The lowest BCUT2D eigenvalue weighted by atomic mass is 9.87. The average molecular weight is 297 g/mol. The first kappa shape index (κ1) is 16.1. The van der Waals surface area contributed by atoms with Crippen LogP contribution in [-0.4, -0.2) is 11.0 Å². The van der Waals surface area contributed by atoms with Crippen LogP contribution in [0.1, 0.15) is 47.8 Å². The summed E-state index contributed by atoms with van der Waals surface area (Å²) in [5, 5.41) is 12.7. The van der Waals surface area contributed by atoms with Crippen molar-refractivity contribution in [2.24, 2.45) is 0 Å². The van der Waals surface area contributed by atoms with Crippen molar-refractivity contribution in [1.29, 1.82) is 0 Å². The quantitative estimate of drug-likeness (QED) is 0.798. The fourth-order valence-electron chi connectivity index (χ4n) is 2.22. The van der Waals surface area contributed by atoms with Gasteiger partial charge in [0.1, 0.15) is 5.75 Å². The highest BCUT2D eigenvalue weighted by Crippen LogP contribution is 2.27. The van der Waals surface area contributed by atoms with Gasteiger partial charge < -0.3 is 10.4 Å². The number of amides is 1. The zero-order chi connectivity index (χ0) is 16.5. The van der Waals surface area contributed by atoms with Crippen molar-refractivity contribution >= 4 is 11.6 Å². The Morgan fingerprint density at radius 2 is 1.55 bits per heavy atom. The van der Waals surface area contributed by atoms with Crippen molar-refractivity contribution in [3.63, 3.8) is 0 Å². The normalized spacial score (nSPS) is 11.3. The summed E-state index contributed by atoms with van der Waals surface area (Å²) in [6.45, 7) is 10.3. The molecule has 2 N–H and O–H groups in total. The first-order chi connectivity index (χ1) is 10.2. The van der Waals surface area contributed by atoms with E-state index in [0.29, 0.717) is 11.3 Å². The molecule has 0 saturated heterocycles. The molecule has 116 valence electrons. The zero-order valence-corrected chi connectivity index (χ0v) is 13.8. The number of carbonyl (C=O) groups is 1. The van der Waals surface area contributed by atoms with E-state index in [-0.39, 0.29) is 17.1 Å². The molecule has 0 unspecified atom stereocenters. The van der Waals surface area contributed by atoms with Gasteiger partial charge in [0.15, 0.2) is 0 Å². The molecule has 3 nitrogen and oxygen atoms in total. The molecular formula is C19H23NO2. The molecule has 2 aromatic rings. The maximum Gasteiger partial charge on any atom is 0.255 e. The van der Waals surface area contributed by atoms with Crippen molar-refractivity contribution in [2.45, 2.75) is 40.0 Å². The summed E-state index contributed by atoms with van der Waals surface area (Å²) in [7, 11) is 0. The number of hydrogen-bond acceptors (Lipinski definition) is 2. The number of benzene rings is 2. The number of phenolic OH excluding ortho intramolecular Hbond substituents is 1. The molecule has 0 heterocycles. The highest BCUT2D eigenvalue weighted by atomic mass is 16.3. The number of carbonyl (C=O) groups excluding carboxylic acids is 1. The molecule has 3 heteroatoms. The number of aryl methyl sites for hydroxylation is 2. The molecule has 0 atom stereocenters. The predicted molar refractivity (Wildman–Crippen MR) is 90.7 cm³/mol. The van der Waals surface area contributed by atoms with E-state index >= 15 is 0 Å². The first-order valence-corrected chi connectivity index (χ1v) is 7.40. The minimum Gasteiger partial charge on any atom is -0.506 e. The number of aromatic hydroxyl groups is 1. The fraction of sp³-hybridized carbons (Fsp3) is 0.316. The summed E-state index contributed by atoms with van der Waals surface area (Å²) < 4.78 is 0. The van der Waals surface area contributed by atoms with Crippen LogP contribution in [0, 0.1) is 13.8 Å². The third-order valence-electron chi connectivity index (χ3n) is 3.87. The molecule has 0 bridgehead atoms. The predicted octanol–water partition coefficient (Wildman–Crippen LogP) is 4.56. The summed E-state index contributed by atoms with van der Waals surface area (Å²) in [6.07, 6.45) is 0. The summed E-state index contributed by atoms with van der Waals surface area (Å²) in [6, 6.07) is 11.0. The van der Waals surface area contributed by atoms with Crippen LogP contribution in [0.4, 0.5) is 5.69 Å². The SMILES string of the molecule is Cc1cc(O)c(NC(=O)c2ccc(C(C)(C)C)cc2)cc1C. The number of nitrogens with one attached hydrogen (secondary N) is 1. The minimum atomic E-state index is -0.223. The van der Waals surface area contributed by atoms with E-state index in [1.807, 2.05) is 38.1 Å². The van der Waals surface area contributed by atoms with Crippen molar-refractivity contribution < 1.29 is 9.90 Å². The molecule has 0 spiro atoms. The van der Waals surface area contributed by atoms with Crippen molar-refractivity contribution in [1.82, 2.24) is 0 Å². The van der Waals surface area contributed by atoms with Gasteiger partial charge in [0.2, 0.25) is 0 Å². The van der Waals surface area contributed by atoms with Crippen molar-refractivity contribution in [2.75, 3.05) is 5.32 Å². The van der Waals surface area contributed by atoms with Crippen LogP contribution in [0.15, 0.2) is 36.4 Å².